The van der Waals surface area contributed by atoms with E-state index in [0.29, 0.717) is 19.8 Å². The monoisotopic (exact) mass is 173 g/mol. The molecule has 0 aliphatic heterocycles. The van der Waals surface area contributed by atoms with E-state index in [1.54, 1.807) is 13.0 Å². The van der Waals surface area contributed by atoms with Gasteiger partial charge in [-0.15, -0.1) is 0 Å². The highest BCUT2D eigenvalue weighted by Gasteiger charge is 2.12. The fraction of sp³-hybridized carbons (Fsp3) is 0.875. The van der Waals surface area contributed by atoms with Crippen LogP contribution in [0.15, 0.2) is 0 Å². The summed E-state index contributed by atoms with van der Waals surface area (Å²) < 4.78 is 10.1. The largest absolute Gasteiger partial charge is 0.379 e. The third kappa shape index (κ3) is 5.08. The smallest absolute Gasteiger partial charge is 0.166 e. The van der Waals surface area contributed by atoms with Crippen LogP contribution in [0.5, 0.6) is 0 Å². The second-order valence-electron chi connectivity index (χ2n) is 2.35. The van der Waals surface area contributed by atoms with Gasteiger partial charge in [-0.2, -0.15) is 5.26 Å². The number of hydrogen-bond donors (Lipinski definition) is 1. The van der Waals surface area contributed by atoms with Crippen LogP contribution in [-0.2, 0) is 9.47 Å². The maximum Gasteiger partial charge on any atom is 0.166 e. The normalized spacial score (nSPS) is 15.2. The summed E-state index contributed by atoms with van der Waals surface area (Å²) in [6, 6.07) is 1.70. The lowest BCUT2D eigenvalue weighted by Gasteiger charge is -2.13. The van der Waals surface area contributed by atoms with Crippen LogP contribution in [-0.4, -0.2) is 37.1 Å². The van der Waals surface area contributed by atoms with Crippen molar-refractivity contribution in [2.75, 3.05) is 19.8 Å². The fourth-order valence-corrected chi connectivity index (χ4v) is 0.633. The lowest BCUT2D eigenvalue weighted by molar-refractivity contribution is -0.0279. The van der Waals surface area contributed by atoms with Crippen LogP contribution in [0.1, 0.15) is 13.8 Å². The minimum atomic E-state index is -1.05. The highest BCUT2D eigenvalue weighted by atomic mass is 16.5. The van der Waals surface area contributed by atoms with Crippen molar-refractivity contribution in [3.05, 3.63) is 0 Å². The molecule has 0 rings (SSSR count). The molecule has 0 saturated heterocycles. The van der Waals surface area contributed by atoms with Crippen molar-refractivity contribution >= 4 is 0 Å². The Kier molecular flexibility index (Phi) is 6.67. The number of aliphatic hydroxyl groups is 1. The molecule has 0 aromatic heterocycles. The zero-order chi connectivity index (χ0) is 9.40. The van der Waals surface area contributed by atoms with Gasteiger partial charge in [0.1, 0.15) is 0 Å². The zero-order valence-electron chi connectivity index (χ0n) is 7.49. The molecule has 0 saturated carbocycles. The molecule has 0 aromatic carbocycles. The Hall–Kier alpha value is -0.630. The van der Waals surface area contributed by atoms with Gasteiger partial charge in [0, 0.05) is 6.61 Å². The maximum atomic E-state index is 8.96. The molecule has 4 nitrogen and oxygen atoms in total. The second-order valence-corrected chi connectivity index (χ2v) is 2.35. The average molecular weight is 173 g/mol. The van der Waals surface area contributed by atoms with Crippen molar-refractivity contribution in [3.8, 4) is 6.07 Å². The van der Waals surface area contributed by atoms with Gasteiger partial charge in [-0.05, 0) is 13.8 Å². The predicted molar refractivity (Wildman–Crippen MR) is 43.5 cm³/mol. The quantitative estimate of drug-likeness (QED) is 0.464. The van der Waals surface area contributed by atoms with E-state index in [9.17, 15) is 0 Å². The van der Waals surface area contributed by atoms with E-state index in [2.05, 4.69) is 0 Å². The molecule has 4 heteroatoms. The Balaban J connectivity index is 3.32. The van der Waals surface area contributed by atoms with Crippen LogP contribution >= 0.6 is 0 Å². The Morgan fingerprint density at radius 3 is 2.67 bits per heavy atom. The van der Waals surface area contributed by atoms with Crippen LogP contribution in [0.4, 0.5) is 0 Å². The summed E-state index contributed by atoms with van der Waals surface area (Å²) in [6.07, 6.45) is -1.50. The molecule has 0 heterocycles. The van der Waals surface area contributed by atoms with E-state index in [4.69, 9.17) is 19.8 Å². The van der Waals surface area contributed by atoms with Gasteiger partial charge in [0.2, 0.25) is 0 Å². The van der Waals surface area contributed by atoms with Crippen molar-refractivity contribution in [3.63, 3.8) is 0 Å². The lowest BCUT2D eigenvalue weighted by Crippen LogP contribution is -2.25. The van der Waals surface area contributed by atoms with E-state index < -0.39 is 12.2 Å². The molecular formula is C8H15NO3. The molecule has 0 aromatic rings. The van der Waals surface area contributed by atoms with Crippen LogP contribution in [0.2, 0.25) is 0 Å². The highest BCUT2D eigenvalue weighted by Crippen LogP contribution is 1.96. The zero-order valence-corrected chi connectivity index (χ0v) is 7.49. The average Bonchev–Trinajstić information content (AvgIpc) is 2.10. The Morgan fingerprint density at radius 1 is 1.50 bits per heavy atom. The number of nitriles is 1. The Labute approximate surface area is 72.7 Å². The molecule has 2 atom stereocenters. The van der Waals surface area contributed by atoms with E-state index in [-0.39, 0.29) is 0 Å². The summed E-state index contributed by atoms with van der Waals surface area (Å²) in [5.41, 5.74) is 0. The number of aliphatic hydroxyl groups excluding tert-OH is 1. The molecular weight excluding hydrogens is 158 g/mol. The first-order valence-electron chi connectivity index (χ1n) is 3.99. The summed E-state index contributed by atoms with van der Waals surface area (Å²) in [5.74, 6) is 0. The Morgan fingerprint density at radius 2 is 2.17 bits per heavy atom. The molecule has 0 radical (unpaired) electrons. The maximum absolute atomic E-state index is 8.96. The summed E-state index contributed by atoms with van der Waals surface area (Å²) in [4.78, 5) is 0. The number of rotatable bonds is 6. The molecule has 0 fully saturated rings. The predicted octanol–water partition coefficient (Wildman–Crippen LogP) is 0.312. The molecule has 12 heavy (non-hydrogen) atoms. The summed E-state index contributed by atoms with van der Waals surface area (Å²) in [6.45, 7) is 5.11. The topological polar surface area (TPSA) is 62.5 Å². The van der Waals surface area contributed by atoms with Crippen LogP contribution in [0, 0.1) is 11.3 Å². The van der Waals surface area contributed by atoms with Gasteiger partial charge in [-0.3, -0.25) is 0 Å². The van der Waals surface area contributed by atoms with Crippen LogP contribution in [0.25, 0.3) is 0 Å². The van der Waals surface area contributed by atoms with Crippen molar-refractivity contribution in [2.45, 2.75) is 26.1 Å². The summed E-state index contributed by atoms with van der Waals surface area (Å²) in [7, 11) is 0. The molecule has 0 bridgehead atoms. The highest BCUT2D eigenvalue weighted by molar-refractivity contribution is 4.86. The van der Waals surface area contributed by atoms with Gasteiger partial charge in [0.25, 0.3) is 0 Å². The van der Waals surface area contributed by atoms with E-state index in [1.807, 2.05) is 6.92 Å². The first kappa shape index (κ1) is 11.4. The van der Waals surface area contributed by atoms with Crippen molar-refractivity contribution in [1.29, 1.82) is 5.26 Å². The van der Waals surface area contributed by atoms with Crippen LogP contribution in [0.3, 0.4) is 0 Å². The van der Waals surface area contributed by atoms with E-state index in [1.165, 1.54) is 0 Å². The summed E-state index contributed by atoms with van der Waals surface area (Å²) >= 11 is 0. The van der Waals surface area contributed by atoms with Crippen molar-refractivity contribution in [2.24, 2.45) is 0 Å². The van der Waals surface area contributed by atoms with Gasteiger partial charge >= 0.3 is 0 Å². The minimum absolute atomic E-state index is 0.410. The lowest BCUT2D eigenvalue weighted by atomic mass is 10.2. The third-order valence-corrected chi connectivity index (χ3v) is 1.39. The van der Waals surface area contributed by atoms with Crippen molar-refractivity contribution < 1.29 is 14.6 Å². The van der Waals surface area contributed by atoms with Gasteiger partial charge < -0.3 is 14.6 Å². The van der Waals surface area contributed by atoms with Gasteiger partial charge in [0.15, 0.2) is 6.10 Å². The molecule has 0 aliphatic rings. The minimum Gasteiger partial charge on any atom is -0.379 e. The first-order chi connectivity index (χ1) is 5.72. The third-order valence-electron chi connectivity index (χ3n) is 1.39. The van der Waals surface area contributed by atoms with Gasteiger partial charge in [-0.25, -0.2) is 0 Å². The first-order valence-corrected chi connectivity index (χ1v) is 3.99. The molecule has 0 amide bonds. The van der Waals surface area contributed by atoms with E-state index >= 15 is 0 Å². The Bertz CT molecular complexity index is 144. The van der Waals surface area contributed by atoms with Gasteiger partial charge in [-0.1, -0.05) is 0 Å². The molecule has 1 N–H and O–H groups in total. The number of hydrogen-bond acceptors (Lipinski definition) is 4. The van der Waals surface area contributed by atoms with Gasteiger partial charge in [0.05, 0.1) is 25.4 Å². The molecule has 2 unspecified atom stereocenters. The SMILES string of the molecule is CCOCCOC(C)C(O)C#N. The summed E-state index contributed by atoms with van der Waals surface area (Å²) in [5, 5.41) is 17.3. The fourth-order valence-electron chi connectivity index (χ4n) is 0.633. The van der Waals surface area contributed by atoms with Crippen LogP contribution < -0.4 is 0 Å². The standard InChI is InChI=1S/C8H15NO3/c1-3-11-4-5-12-7(2)8(10)6-9/h7-8,10H,3-5H2,1-2H3. The molecule has 0 aliphatic carbocycles. The van der Waals surface area contributed by atoms with Crippen molar-refractivity contribution in [1.82, 2.24) is 0 Å². The molecule has 0 spiro atoms. The second kappa shape index (κ2) is 7.04. The number of ether oxygens (including phenoxy) is 2. The number of nitrogens with zero attached hydrogens (tertiary/aromatic N) is 1. The molecule has 70 valence electrons. The van der Waals surface area contributed by atoms with E-state index in [0.717, 1.165) is 0 Å².